The van der Waals surface area contributed by atoms with Gasteiger partial charge in [-0.05, 0) is 50.2 Å². The van der Waals surface area contributed by atoms with E-state index in [9.17, 15) is 9.59 Å². The zero-order valence-corrected chi connectivity index (χ0v) is 18.0. The van der Waals surface area contributed by atoms with Gasteiger partial charge in [-0.2, -0.15) is 0 Å². The molecule has 0 aliphatic carbocycles. The molecule has 0 saturated carbocycles. The van der Waals surface area contributed by atoms with E-state index in [2.05, 4.69) is 15.5 Å². The summed E-state index contributed by atoms with van der Waals surface area (Å²) in [4.78, 5) is 24.2. The van der Waals surface area contributed by atoms with Gasteiger partial charge in [0.05, 0.1) is 5.75 Å². The van der Waals surface area contributed by atoms with Crippen molar-refractivity contribution in [3.63, 3.8) is 0 Å². The lowest BCUT2D eigenvalue weighted by Crippen LogP contribution is -2.21. The predicted molar refractivity (Wildman–Crippen MR) is 116 cm³/mol. The largest absolute Gasteiger partial charge is 0.455 e. The minimum Gasteiger partial charge on any atom is -0.455 e. The summed E-state index contributed by atoms with van der Waals surface area (Å²) in [6.07, 6.45) is 0. The highest BCUT2D eigenvalue weighted by Gasteiger charge is 2.18. The fourth-order valence-electron chi connectivity index (χ4n) is 2.37. The van der Waals surface area contributed by atoms with Crippen molar-refractivity contribution < 1.29 is 18.7 Å². The second kappa shape index (κ2) is 10.3. The topological polar surface area (TPSA) is 94.3 Å². The van der Waals surface area contributed by atoms with Crippen LogP contribution >= 0.6 is 23.4 Å². The van der Waals surface area contributed by atoms with Crippen molar-refractivity contribution in [2.45, 2.75) is 25.7 Å². The van der Waals surface area contributed by atoms with Gasteiger partial charge in [0.1, 0.15) is 5.25 Å². The summed E-state index contributed by atoms with van der Waals surface area (Å²) in [5.41, 5.74) is 2.54. The number of amides is 1. The minimum absolute atomic E-state index is 0.130. The van der Waals surface area contributed by atoms with E-state index in [0.29, 0.717) is 22.2 Å². The van der Waals surface area contributed by atoms with E-state index in [1.54, 1.807) is 31.2 Å². The number of rotatable bonds is 8. The van der Waals surface area contributed by atoms with Crippen LogP contribution in [0.4, 0.5) is 5.69 Å². The highest BCUT2D eigenvalue weighted by atomic mass is 35.5. The van der Waals surface area contributed by atoms with Crippen LogP contribution in [0.25, 0.3) is 11.5 Å². The van der Waals surface area contributed by atoms with Gasteiger partial charge < -0.3 is 14.5 Å². The van der Waals surface area contributed by atoms with E-state index in [-0.39, 0.29) is 24.2 Å². The summed E-state index contributed by atoms with van der Waals surface area (Å²) in [5, 5.41) is 10.7. The third-order valence-corrected chi connectivity index (χ3v) is 5.40. The minimum atomic E-state index is -0.521. The van der Waals surface area contributed by atoms with Crippen molar-refractivity contribution in [2.75, 3.05) is 11.1 Å². The molecule has 0 spiro atoms. The van der Waals surface area contributed by atoms with Gasteiger partial charge in [0.25, 0.3) is 5.89 Å². The maximum Gasteiger partial charge on any atom is 0.319 e. The molecule has 2 aromatic carbocycles. The Hall–Kier alpha value is -2.84. The normalized spacial score (nSPS) is 11.7. The zero-order chi connectivity index (χ0) is 21.5. The van der Waals surface area contributed by atoms with Crippen LogP contribution in [0.15, 0.2) is 52.9 Å². The van der Waals surface area contributed by atoms with Gasteiger partial charge in [0.2, 0.25) is 11.8 Å². The number of hydrogen-bond donors (Lipinski definition) is 1. The first-order valence-electron chi connectivity index (χ1n) is 9.14. The van der Waals surface area contributed by atoms with E-state index in [1.165, 1.54) is 11.8 Å². The first-order chi connectivity index (χ1) is 14.4. The molecule has 1 aromatic heterocycles. The molecule has 1 atom stereocenters. The number of esters is 1. The van der Waals surface area contributed by atoms with Gasteiger partial charge in [-0.15, -0.1) is 22.0 Å². The number of nitrogens with one attached hydrogen (secondary N) is 1. The summed E-state index contributed by atoms with van der Waals surface area (Å²) >= 11 is 7.05. The maximum absolute atomic E-state index is 12.2. The third-order valence-electron chi connectivity index (χ3n) is 4.03. The molecule has 7 nitrogen and oxygen atoms in total. The van der Waals surface area contributed by atoms with Crippen LogP contribution in [0, 0.1) is 6.92 Å². The SMILES string of the molecule is Cc1ccc(NC(=O)CS[C@@H](C)C(=O)OCc2nnc(-c3ccc(Cl)cc3)o2)cc1. The molecule has 30 heavy (non-hydrogen) atoms. The first kappa shape index (κ1) is 21.9. The molecule has 0 fully saturated rings. The lowest BCUT2D eigenvalue weighted by molar-refractivity contribution is -0.144. The second-order valence-electron chi connectivity index (χ2n) is 6.48. The van der Waals surface area contributed by atoms with Crippen molar-refractivity contribution in [3.05, 3.63) is 65.0 Å². The second-order valence-corrected chi connectivity index (χ2v) is 8.25. The molecule has 0 saturated heterocycles. The molecule has 0 aliphatic heterocycles. The molecule has 3 aromatic rings. The fraction of sp³-hybridized carbons (Fsp3) is 0.238. The van der Waals surface area contributed by atoms with Crippen LogP contribution in [0.5, 0.6) is 0 Å². The van der Waals surface area contributed by atoms with E-state index < -0.39 is 11.2 Å². The molecule has 9 heteroatoms. The molecule has 0 unspecified atom stereocenters. The summed E-state index contributed by atoms with van der Waals surface area (Å²) in [6, 6.07) is 14.4. The fourth-order valence-corrected chi connectivity index (χ4v) is 3.18. The lowest BCUT2D eigenvalue weighted by atomic mass is 10.2. The van der Waals surface area contributed by atoms with E-state index >= 15 is 0 Å². The van der Waals surface area contributed by atoms with Gasteiger partial charge >= 0.3 is 5.97 Å². The van der Waals surface area contributed by atoms with Gasteiger partial charge in [0, 0.05) is 16.3 Å². The maximum atomic E-state index is 12.2. The molecule has 3 rings (SSSR count). The number of anilines is 1. The Labute approximate surface area is 183 Å². The third kappa shape index (κ3) is 6.33. The van der Waals surface area contributed by atoms with Crippen LogP contribution in [0.1, 0.15) is 18.4 Å². The van der Waals surface area contributed by atoms with Crippen molar-refractivity contribution in [1.29, 1.82) is 0 Å². The van der Waals surface area contributed by atoms with Crippen LogP contribution in [0.2, 0.25) is 5.02 Å². The number of hydrogen-bond acceptors (Lipinski definition) is 7. The number of benzene rings is 2. The number of thioether (sulfide) groups is 1. The predicted octanol–water partition coefficient (Wildman–Crippen LogP) is 4.50. The van der Waals surface area contributed by atoms with Crippen LogP contribution in [-0.2, 0) is 20.9 Å². The Kier molecular flexibility index (Phi) is 7.48. The standard InChI is InChI=1S/C21H20ClN3O4S/c1-13-3-9-17(10-4-13)23-18(26)12-30-14(2)21(27)28-11-19-24-25-20(29-19)15-5-7-16(22)8-6-15/h3-10,14H,11-12H2,1-2H3,(H,23,26)/t14-/m0/s1. The van der Waals surface area contributed by atoms with Gasteiger partial charge in [-0.3, -0.25) is 9.59 Å². The summed E-state index contributed by atoms with van der Waals surface area (Å²) in [7, 11) is 0. The zero-order valence-electron chi connectivity index (χ0n) is 16.4. The summed E-state index contributed by atoms with van der Waals surface area (Å²) < 4.78 is 10.7. The van der Waals surface area contributed by atoms with Gasteiger partial charge in [-0.1, -0.05) is 29.3 Å². The Morgan fingerprint density at radius 2 is 1.83 bits per heavy atom. The Morgan fingerprint density at radius 1 is 1.13 bits per heavy atom. The highest BCUT2D eigenvalue weighted by Crippen LogP contribution is 2.21. The van der Waals surface area contributed by atoms with Crippen LogP contribution in [0.3, 0.4) is 0 Å². The van der Waals surface area contributed by atoms with Gasteiger partial charge in [0.15, 0.2) is 6.61 Å². The average molecular weight is 446 g/mol. The van der Waals surface area contributed by atoms with Crippen molar-refractivity contribution >= 4 is 40.9 Å². The number of halogens is 1. The molecule has 0 bridgehead atoms. The first-order valence-corrected chi connectivity index (χ1v) is 10.6. The van der Waals surface area contributed by atoms with Crippen LogP contribution in [-0.4, -0.2) is 33.1 Å². The molecular formula is C21H20ClN3O4S. The van der Waals surface area contributed by atoms with Crippen molar-refractivity contribution in [1.82, 2.24) is 10.2 Å². The Balaban J connectivity index is 1.42. The number of carbonyl (C=O) groups is 2. The van der Waals surface area contributed by atoms with Crippen molar-refractivity contribution in [3.8, 4) is 11.5 Å². The highest BCUT2D eigenvalue weighted by molar-refractivity contribution is 8.01. The molecular weight excluding hydrogens is 426 g/mol. The van der Waals surface area contributed by atoms with E-state index in [4.69, 9.17) is 20.8 Å². The van der Waals surface area contributed by atoms with Crippen LogP contribution < -0.4 is 5.32 Å². The number of aromatic nitrogens is 2. The van der Waals surface area contributed by atoms with Gasteiger partial charge in [-0.25, -0.2) is 0 Å². The molecule has 1 amide bonds. The number of nitrogens with zero attached hydrogens (tertiary/aromatic N) is 2. The molecule has 1 heterocycles. The monoisotopic (exact) mass is 445 g/mol. The van der Waals surface area contributed by atoms with Crippen molar-refractivity contribution in [2.24, 2.45) is 0 Å². The number of ether oxygens (including phenoxy) is 1. The summed E-state index contributed by atoms with van der Waals surface area (Å²) in [6.45, 7) is 3.51. The smallest absolute Gasteiger partial charge is 0.319 e. The Bertz CT molecular complexity index is 1010. The van der Waals surface area contributed by atoms with E-state index in [1.807, 2.05) is 31.2 Å². The Morgan fingerprint density at radius 3 is 2.53 bits per heavy atom. The van der Waals surface area contributed by atoms with E-state index in [0.717, 1.165) is 5.56 Å². The molecule has 0 radical (unpaired) electrons. The average Bonchev–Trinajstić information content (AvgIpc) is 3.21. The molecule has 1 N–H and O–H groups in total. The number of aryl methyl sites for hydroxylation is 1. The number of carbonyl (C=O) groups excluding carboxylic acids is 2. The molecule has 0 aliphatic rings. The quantitative estimate of drug-likeness (QED) is 0.510. The molecule has 156 valence electrons. The lowest BCUT2D eigenvalue weighted by Gasteiger charge is -2.10. The summed E-state index contributed by atoms with van der Waals surface area (Å²) in [5.74, 6) is -0.0243.